The summed E-state index contributed by atoms with van der Waals surface area (Å²) < 4.78 is 1.71. The second kappa shape index (κ2) is 5.78. The number of aryl methyl sites for hydroxylation is 1. The van der Waals surface area contributed by atoms with Gasteiger partial charge in [0, 0.05) is 30.2 Å². The van der Waals surface area contributed by atoms with Crippen molar-refractivity contribution >= 4 is 16.3 Å². The zero-order valence-corrected chi connectivity index (χ0v) is 13.9. The summed E-state index contributed by atoms with van der Waals surface area (Å²) >= 11 is 1.56. The average molecular weight is 317 g/mol. The molecule has 5 heteroatoms. The Morgan fingerprint density at radius 2 is 2.09 bits per heavy atom. The fraction of sp³-hybridized carbons (Fsp3) is 0.647. The monoisotopic (exact) mass is 317 g/mol. The van der Waals surface area contributed by atoms with Gasteiger partial charge in [0.1, 0.15) is 0 Å². The lowest BCUT2D eigenvalue weighted by Gasteiger charge is -2.41. The molecule has 1 saturated carbocycles. The highest BCUT2D eigenvalue weighted by molar-refractivity contribution is 7.15. The maximum atomic E-state index is 12.3. The number of nitrogens with zero attached hydrogens (tertiary/aromatic N) is 3. The van der Waals surface area contributed by atoms with Gasteiger partial charge in [-0.05, 0) is 38.1 Å². The van der Waals surface area contributed by atoms with E-state index in [1.807, 2.05) is 12.3 Å². The first-order valence-electron chi connectivity index (χ1n) is 8.40. The summed E-state index contributed by atoms with van der Waals surface area (Å²) in [6.45, 7) is 5.13. The van der Waals surface area contributed by atoms with E-state index in [0.717, 1.165) is 41.3 Å². The Bertz CT molecular complexity index is 735. The van der Waals surface area contributed by atoms with Crippen LogP contribution in [0, 0.1) is 18.8 Å². The molecule has 3 heterocycles. The van der Waals surface area contributed by atoms with Crippen LogP contribution in [0.2, 0.25) is 0 Å². The van der Waals surface area contributed by atoms with Crippen molar-refractivity contribution in [3.63, 3.8) is 0 Å². The summed E-state index contributed by atoms with van der Waals surface area (Å²) in [7, 11) is 0. The lowest BCUT2D eigenvalue weighted by Crippen LogP contribution is -2.41. The molecule has 2 fully saturated rings. The molecule has 1 saturated heterocycles. The summed E-state index contributed by atoms with van der Waals surface area (Å²) in [6, 6.07) is 1.72. The van der Waals surface area contributed by atoms with Crippen LogP contribution in [0.15, 0.2) is 16.2 Å². The zero-order valence-electron chi connectivity index (χ0n) is 13.1. The number of fused-ring (bicyclic) bond motifs is 2. The number of thiazole rings is 1. The minimum Gasteiger partial charge on any atom is -0.297 e. The lowest BCUT2D eigenvalue weighted by atomic mass is 9.75. The van der Waals surface area contributed by atoms with E-state index in [4.69, 9.17) is 4.98 Å². The maximum Gasteiger partial charge on any atom is 0.259 e. The third kappa shape index (κ3) is 2.61. The van der Waals surface area contributed by atoms with Crippen LogP contribution in [0.1, 0.15) is 43.5 Å². The number of aromatic nitrogens is 2. The van der Waals surface area contributed by atoms with Crippen LogP contribution in [0.5, 0.6) is 0 Å². The van der Waals surface area contributed by atoms with Crippen molar-refractivity contribution in [2.75, 3.05) is 13.1 Å². The first-order chi connectivity index (χ1) is 10.7. The minimum atomic E-state index is 0.0614. The highest BCUT2D eigenvalue weighted by Crippen LogP contribution is 2.36. The highest BCUT2D eigenvalue weighted by Gasteiger charge is 2.31. The van der Waals surface area contributed by atoms with Gasteiger partial charge in [-0.25, -0.2) is 4.98 Å². The molecule has 0 bridgehead atoms. The van der Waals surface area contributed by atoms with Crippen molar-refractivity contribution in [3.05, 3.63) is 33.2 Å². The van der Waals surface area contributed by atoms with Crippen molar-refractivity contribution in [2.24, 2.45) is 11.8 Å². The average Bonchev–Trinajstić information content (AvgIpc) is 2.89. The van der Waals surface area contributed by atoms with Crippen LogP contribution in [0.25, 0.3) is 4.96 Å². The third-order valence-corrected chi connectivity index (χ3v) is 6.33. The predicted octanol–water partition coefficient (Wildman–Crippen LogP) is 3.08. The largest absolute Gasteiger partial charge is 0.297 e. The zero-order chi connectivity index (χ0) is 15.1. The summed E-state index contributed by atoms with van der Waals surface area (Å²) in [5.74, 6) is 1.82. The van der Waals surface area contributed by atoms with E-state index in [2.05, 4.69) is 4.90 Å². The van der Waals surface area contributed by atoms with E-state index in [9.17, 15) is 4.79 Å². The molecule has 2 aromatic rings. The Morgan fingerprint density at radius 1 is 1.27 bits per heavy atom. The molecule has 0 radical (unpaired) electrons. The van der Waals surface area contributed by atoms with Crippen LogP contribution >= 0.6 is 11.3 Å². The molecule has 0 unspecified atom stereocenters. The van der Waals surface area contributed by atoms with Crippen molar-refractivity contribution in [3.8, 4) is 0 Å². The molecular formula is C17H23N3OS. The second-order valence-electron chi connectivity index (χ2n) is 6.91. The number of likely N-dealkylation sites (tertiary alicyclic amines) is 1. The fourth-order valence-electron chi connectivity index (χ4n) is 4.23. The van der Waals surface area contributed by atoms with E-state index in [0.29, 0.717) is 0 Å². The van der Waals surface area contributed by atoms with Gasteiger partial charge in [-0.2, -0.15) is 0 Å². The number of rotatable bonds is 2. The molecule has 22 heavy (non-hydrogen) atoms. The number of hydrogen-bond donors (Lipinski definition) is 0. The third-order valence-electron chi connectivity index (χ3n) is 5.39. The molecule has 0 amide bonds. The van der Waals surface area contributed by atoms with Crippen LogP contribution in [-0.4, -0.2) is 27.4 Å². The summed E-state index contributed by atoms with van der Waals surface area (Å²) in [5, 5.41) is 2.00. The van der Waals surface area contributed by atoms with Crippen molar-refractivity contribution < 1.29 is 0 Å². The van der Waals surface area contributed by atoms with Gasteiger partial charge in [0.05, 0.1) is 5.69 Å². The summed E-state index contributed by atoms with van der Waals surface area (Å²) in [4.78, 5) is 20.3. The van der Waals surface area contributed by atoms with Gasteiger partial charge in [-0.3, -0.25) is 14.1 Å². The van der Waals surface area contributed by atoms with Gasteiger partial charge >= 0.3 is 0 Å². The van der Waals surface area contributed by atoms with Crippen molar-refractivity contribution in [1.82, 2.24) is 14.3 Å². The van der Waals surface area contributed by atoms with E-state index in [1.165, 1.54) is 38.6 Å². The standard InChI is InChI=1S/C17H23N3OS/c1-12-11-22-17-18-15(8-16(21)20(12)17)10-19-7-6-13-4-2-3-5-14(13)9-19/h8,11,13-14H,2-7,9-10H2,1H3/t13-,14+/m1/s1. The fourth-order valence-corrected chi connectivity index (χ4v) is 5.12. The molecule has 0 N–H and O–H groups in total. The first kappa shape index (κ1) is 14.4. The molecule has 2 aromatic heterocycles. The Kier molecular flexibility index (Phi) is 3.78. The molecule has 0 aromatic carbocycles. The molecular weight excluding hydrogens is 294 g/mol. The smallest absolute Gasteiger partial charge is 0.259 e. The predicted molar refractivity (Wildman–Crippen MR) is 89.4 cm³/mol. The van der Waals surface area contributed by atoms with Gasteiger partial charge in [0.2, 0.25) is 0 Å². The van der Waals surface area contributed by atoms with Gasteiger partial charge < -0.3 is 0 Å². The van der Waals surface area contributed by atoms with Gasteiger partial charge in [0.25, 0.3) is 5.56 Å². The molecule has 0 spiro atoms. The molecule has 2 atom stereocenters. The Hall–Kier alpha value is -1.20. The van der Waals surface area contributed by atoms with Crippen LogP contribution in [0.3, 0.4) is 0 Å². The van der Waals surface area contributed by atoms with E-state index >= 15 is 0 Å². The number of hydrogen-bond acceptors (Lipinski definition) is 4. The van der Waals surface area contributed by atoms with Crippen molar-refractivity contribution in [2.45, 2.75) is 45.6 Å². The van der Waals surface area contributed by atoms with E-state index in [-0.39, 0.29) is 5.56 Å². The second-order valence-corrected chi connectivity index (χ2v) is 7.75. The Labute approximate surface area is 134 Å². The minimum absolute atomic E-state index is 0.0614. The molecule has 118 valence electrons. The van der Waals surface area contributed by atoms with Gasteiger partial charge in [-0.1, -0.05) is 19.3 Å². The van der Waals surface area contributed by atoms with Gasteiger partial charge in [0.15, 0.2) is 4.96 Å². The molecule has 1 aliphatic heterocycles. The van der Waals surface area contributed by atoms with E-state index < -0.39 is 0 Å². The van der Waals surface area contributed by atoms with Crippen molar-refractivity contribution in [1.29, 1.82) is 0 Å². The molecule has 4 rings (SSSR count). The molecule has 4 nitrogen and oxygen atoms in total. The molecule has 2 aliphatic rings. The Morgan fingerprint density at radius 3 is 2.95 bits per heavy atom. The normalized spacial score (nSPS) is 26.2. The number of piperidine rings is 1. The maximum absolute atomic E-state index is 12.3. The van der Waals surface area contributed by atoms with Crippen LogP contribution < -0.4 is 5.56 Å². The van der Waals surface area contributed by atoms with E-state index in [1.54, 1.807) is 21.8 Å². The molecule has 1 aliphatic carbocycles. The quantitative estimate of drug-likeness (QED) is 0.854. The first-order valence-corrected chi connectivity index (χ1v) is 9.28. The van der Waals surface area contributed by atoms with Gasteiger partial charge in [-0.15, -0.1) is 11.3 Å². The summed E-state index contributed by atoms with van der Waals surface area (Å²) in [5.41, 5.74) is 1.97. The highest BCUT2D eigenvalue weighted by atomic mass is 32.1. The topological polar surface area (TPSA) is 37.6 Å². The van der Waals surface area contributed by atoms with Crippen LogP contribution in [0.4, 0.5) is 0 Å². The van der Waals surface area contributed by atoms with Crippen LogP contribution in [-0.2, 0) is 6.54 Å². The lowest BCUT2D eigenvalue weighted by molar-refractivity contribution is 0.0812. The Balaban J connectivity index is 1.52. The summed E-state index contributed by atoms with van der Waals surface area (Å²) in [6.07, 6.45) is 6.96. The SMILES string of the molecule is Cc1csc2nc(CN3CC[C@H]4CCCC[C@H]4C3)cc(=O)n12.